The predicted molar refractivity (Wildman–Crippen MR) is 111 cm³/mol. The first-order chi connectivity index (χ1) is 12.5. The molecule has 1 aliphatic rings. The second-order valence-electron chi connectivity index (χ2n) is 7.89. The first-order valence-corrected chi connectivity index (χ1v) is 10.8. The van der Waals surface area contributed by atoms with Crippen LogP contribution in [0.3, 0.4) is 0 Å². The Bertz CT molecular complexity index is 520. The van der Waals surface area contributed by atoms with E-state index in [0.717, 1.165) is 45.0 Å². The molecule has 5 heteroatoms. The van der Waals surface area contributed by atoms with Crippen molar-refractivity contribution in [3.8, 4) is 0 Å². The second-order valence-corrected chi connectivity index (χ2v) is 8.75. The largest absolute Gasteiger partial charge is 0.396 e. The van der Waals surface area contributed by atoms with Gasteiger partial charge >= 0.3 is 0 Å². The highest BCUT2D eigenvalue weighted by molar-refractivity contribution is 7.97. The number of nitrogens with zero attached hydrogens (tertiary/aromatic N) is 1. The molecule has 4 nitrogen and oxygen atoms in total. The van der Waals surface area contributed by atoms with Crippen molar-refractivity contribution >= 4 is 11.9 Å². The van der Waals surface area contributed by atoms with Gasteiger partial charge < -0.3 is 9.84 Å². The molecule has 1 aromatic carbocycles. The third-order valence-corrected chi connectivity index (χ3v) is 7.41. The third-order valence-electron chi connectivity index (χ3n) is 6.44. The molecule has 2 N–H and O–H groups in total. The van der Waals surface area contributed by atoms with Crippen LogP contribution in [-0.4, -0.2) is 54.2 Å². The van der Waals surface area contributed by atoms with Gasteiger partial charge in [-0.3, -0.25) is 9.62 Å². The van der Waals surface area contributed by atoms with Gasteiger partial charge in [-0.1, -0.05) is 70.0 Å². The fourth-order valence-corrected chi connectivity index (χ4v) is 5.41. The molecule has 1 saturated heterocycles. The molecule has 0 aliphatic carbocycles. The Morgan fingerprint density at radius 3 is 2.46 bits per heavy atom. The topological polar surface area (TPSA) is 44.7 Å². The lowest BCUT2D eigenvalue weighted by atomic mass is 9.63. The molecular weight excluding hydrogens is 344 g/mol. The Hall–Kier alpha value is -0.590. The molecule has 0 radical (unpaired) electrons. The van der Waals surface area contributed by atoms with Gasteiger partial charge in [-0.15, -0.1) is 0 Å². The summed E-state index contributed by atoms with van der Waals surface area (Å²) in [6.07, 6.45) is 1.06. The van der Waals surface area contributed by atoms with E-state index in [1.807, 2.05) is 11.9 Å². The summed E-state index contributed by atoms with van der Waals surface area (Å²) in [4.78, 5) is 2.61. The molecular formula is C21H36N2O2S. The first-order valence-electron chi connectivity index (χ1n) is 9.80. The van der Waals surface area contributed by atoms with Crippen molar-refractivity contribution < 1.29 is 9.84 Å². The normalized spacial score (nSPS) is 19.9. The summed E-state index contributed by atoms with van der Waals surface area (Å²) in [5.74, 6) is 1.23. The van der Waals surface area contributed by atoms with E-state index in [4.69, 9.17) is 4.74 Å². The highest BCUT2D eigenvalue weighted by Gasteiger charge is 2.50. The minimum Gasteiger partial charge on any atom is -0.396 e. The zero-order chi connectivity index (χ0) is 19.0. The number of rotatable bonds is 10. The minimum absolute atomic E-state index is 0.00470. The maximum absolute atomic E-state index is 9.88. The smallest absolute Gasteiger partial charge is 0.0594 e. The molecule has 1 aliphatic heterocycles. The van der Waals surface area contributed by atoms with Crippen LogP contribution in [0.1, 0.15) is 39.7 Å². The maximum Gasteiger partial charge on any atom is 0.0594 e. The van der Waals surface area contributed by atoms with Crippen LogP contribution >= 0.6 is 11.9 Å². The van der Waals surface area contributed by atoms with Crippen molar-refractivity contribution in [2.75, 3.05) is 38.7 Å². The molecule has 0 aromatic heterocycles. The SMILES string of the molecule is CCC(CSNCc1ccccc1)(N1CCOCC1)C(C)(C)C(C)CO. The monoisotopic (exact) mass is 380 g/mol. The van der Waals surface area contributed by atoms with Crippen molar-refractivity contribution in [1.82, 2.24) is 9.62 Å². The van der Waals surface area contributed by atoms with Crippen LogP contribution in [0.5, 0.6) is 0 Å². The fraction of sp³-hybridized carbons (Fsp3) is 0.714. The van der Waals surface area contributed by atoms with E-state index in [1.165, 1.54) is 5.56 Å². The van der Waals surface area contributed by atoms with Crippen LogP contribution in [0, 0.1) is 11.3 Å². The van der Waals surface area contributed by atoms with Gasteiger partial charge in [-0.05, 0) is 23.3 Å². The Kier molecular flexibility index (Phi) is 8.42. The van der Waals surface area contributed by atoms with Gasteiger partial charge in [0.1, 0.15) is 0 Å². The number of aliphatic hydroxyl groups is 1. The van der Waals surface area contributed by atoms with Gasteiger partial charge in [0.2, 0.25) is 0 Å². The zero-order valence-electron chi connectivity index (χ0n) is 16.8. The van der Waals surface area contributed by atoms with E-state index in [0.29, 0.717) is 0 Å². The Labute approximate surface area is 163 Å². The Morgan fingerprint density at radius 2 is 1.88 bits per heavy atom. The van der Waals surface area contributed by atoms with Gasteiger partial charge in [0.05, 0.1) is 13.2 Å². The molecule has 26 heavy (non-hydrogen) atoms. The summed E-state index contributed by atoms with van der Waals surface area (Å²) < 4.78 is 9.16. The van der Waals surface area contributed by atoms with Crippen LogP contribution in [0.2, 0.25) is 0 Å². The fourth-order valence-electron chi connectivity index (χ4n) is 4.04. The summed E-state index contributed by atoms with van der Waals surface area (Å²) in [6.45, 7) is 13.7. The van der Waals surface area contributed by atoms with Gasteiger partial charge in [-0.25, -0.2) is 0 Å². The zero-order valence-corrected chi connectivity index (χ0v) is 17.6. The third kappa shape index (κ3) is 4.82. The standard InChI is InChI=1S/C21H36N2O2S/c1-5-21(20(3,4)18(2)16-24,23-11-13-25-14-12-23)17-26-22-15-19-9-7-6-8-10-19/h6-10,18,22,24H,5,11-17H2,1-4H3. The maximum atomic E-state index is 9.88. The number of nitrogens with one attached hydrogen (secondary N) is 1. The van der Waals surface area contributed by atoms with Gasteiger partial charge in [0.25, 0.3) is 0 Å². The van der Waals surface area contributed by atoms with E-state index in [-0.39, 0.29) is 23.5 Å². The Balaban J connectivity index is 2.11. The molecule has 2 atom stereocenters. The average Bonchev–Trinajstić information content (AvgIpc) is 2.69. The van der Waals surface area contributed by atoms with Gasteiger partial charge in [0.15, 0.2) is 0 Å². The summed E-state index contributed by atoms with van der Waals surface area (Å²) in [7, 11) is 0. The van der Waals surface area contributed by atoms with E-state index in [9.17, 15) is 5.11 Å². The molecule has 1 aromatic rings. The lowest BCUT2D eigenvalue weighted by molar-refractivity contribution is -0.0881. The summed E-state index contributed by atoms with van der Waals surface area (Å²) in [5.41, 5.74) is 1.32. The quantitative estimate of drug-likeness (QED) is 0.480. The molecule has 0 saturated carbocycles. The van der Waals surface area contributed by atoms with E-state index in [1.54, 1.807) is 0 Å². The molecule has 0 spiro atoms. The summed E-state index contributed by atoms with van der Waals surface area (Å²) in [6, 6.07) is 10.5. The predicted octanol–water partition coefficient (Wildman–Crippen LogP) is 3.56. The number of hydrogen-bond donors (Lipinski definition) is 2. The number of morpholine rings is 1. The summed E-state index contributed by atoms with van der Waals surface area (Å²) >= 11 is 1.81. The van der Waals surface area contributed by atoms with Crippen molar-refractivity contribution in [3.63, 3.8) is 0 Å². The molecule has 2 unspecified atom stereocenters. The number of ether oxygens (including phenoxy) is 1. The van der Waals surface area contributed by atoms with Crippen LogP contribution in [0.4, 0.5) is 0 Å². The highest BCUT2D eigenvalue weighted by atomic mass is 32.2. The molecule has 0 bridgehead atoms. The molecule has 0 amide bonds. The number of hydrogen-bond acceptors (Lipinski definition) is 5. The van der Waals surface area contributed by atoms with Crippen molar-refractivity contribution in [2.24, 2.45) is 11.3 Å². The number of benzene rings is 1. The lowest BCUT2D eigenvalue weighted by Gasteiger charge is -2.56. The van der Waals surface area contributed by atoms with E-state index < -0.39 is 0 Å². The number of aliphatic hydroxyl groups excluding tert-OH is 1. The average molecular weight is 381 g/mol. The van der Waals surface area contributed by atoms with Crippen molar-refractivity contribution in [2.45, 2.75) is 46.2 Å². The summed E-state index contributed by atoms with van der Waals surface area (Å²) in [5, 5.41) is 9.88. The van der Waals surface area contributed by atoms with Gasteiger partial charge in [-0.2, -0.15) is 0 Å². The van der Waals surface area contributed by atoms with Crippen molar-refractivity contribution in [1.29, 1.82) is 0 Å². The van der Waals surface area contributed by atoms with Crippen LogP contribution in [0.25, 0.3) is 0 Å². The minimum atomic E-state index is -0.00470. The van der Waals surface area contributed by atoms with Crippen LogP contribution in [-0.2, 0) is 11.3 Å². The van der Waals surface area contributed by atoms with E-state index in [2.05, 4.69) is 67.6 Å². The van der Waals surface area contributed by atoms with Gasteiger partial charge in [0, 0.05) is 37.5 Å². The lowest BCUT2D eigenvalue weighted by Crippen LogP contribution is -2.64. The van der Waals surface area contributed by atoms with Crippen LogP contribution < -0.4 is 4.72 Å². The van der Waals surface area contributed by atoms with E-state index >= 15 is 0 Å². The molecule has 2 rings (SSSR count). The molecule has 1 heterocycles. The molecule has 1 fully saturated rings. The van der Waals surface area contributed by atoms with Crippen molar-refractivity contribution in [3.05, 3.63) is 35.9 Å². The second kappa shape index (κ2) is 10.1. The first kappa shape index (κ1) is 21.7. The van der Waals surface area contributed by atoms with Crippen LogP contribution in [0.15, 0.2) is 30.3 Å². The Morgan fingerprint density at radius 1 is 1.23 bits per heavy atom. The highest BCUT2D eigenvalue weighted by Crippen LogP contribution is 2.46. The molecule has 148 valence electrons.